The van der Waals surface area contributed by atoms with Crippen molar-refractivity contribution in [1.29, 1.82) is 0 Å². The molecule has 0 aliphatic rings. The zero-order valence-electron chi connectivity index (χ0n) is 4.63. The number of rotatable bonds is 0. The normalized spacial score (nSPS) is 9.44. The van der Waals surface area contributed by atoms with E-state index in [0.29, 0.717) is 5.69 Å². The minimum atomic E-state index is -0.677. The topological polar surface area (TPSA) is 64.9 Å². The summed E-state index contributed by atoms with van der Waals surface area (Å²) in [4.78, 5) is 3.26. The van der Waals surface area contributed by atoms with E-state index in [2.05, 4.69) is 4.98 Å². The van der Waals surface area contributed by atoms with Crippen LogP contribution in [0.15, 0.2) is 12.3 Å². The highest BCUT2D eigenvalue weighted by molar-refractivity contribution is 5.48. The Morgan fingerprint density at radius 2 is 2.11 bits per heavy atom. The summed E-state index contributed by atoms with van der Waals surface area (Å²) < 4.78 is 12.2. The quantitative estimate of drug-likeness (QED) is 0.495. The van der Waals surface area contributed by atoms with Gasteiger partial charge in [-0.2, -0.15) is 4.39 Å². The molecule has 0 spiro atoms. The molecule has 0 atom stereocenters. The minimum absolute atomic E-state index is 0.0185. The van der Waals surface area contributed by atoms with Gasteiger partial charge in [0, 0.05) is 0 Å². The number of nitrogen functional groups attached to an aromatic ring is 2. The van der Waals surface area contributed by atoms with Crippen LogP contribution in [-0.2, 0) is 0 Å². The molecule has 4 heteroatoms. The summed E-state index contributed by atoms with van der Waals surface area (Å²) in [6.45, 7) is 0. The van der Waals surface area contributed by atoms with Crippen LogP contribution in [0, 0.1) is 5.95 Å². The van der Waals surface area contributed by atoms with Gasteiger partial charge in [-0.25, -0.2) is 4.98 Å². The Bertz CT molecular complexity index is 223. The van der Waals surface area contributed by atoms with E-state index >= 15 is 0 Å². The molecule has 0 saturated heterocycles. The van der Waals surface area contributed by atoms with Crippen molar-refractivity contribution >= 4 is 11.4 Å². The molecule has 0 aliphatic carbocycles. The van der Waals surface area contributed by atoms with Crippen LogP contribution in [-0.4, -0.2) is 4.98 Å². The molecule has 1 rings (SSSR count). The first-order valence-corrected chi connectivity index (χ1v) is 2.36. The lowest BCUT2D eigenvalue weighted by atomic mass is 10.4. The second-order valence-corrected chi connectivity index (χ2v) is 1.65. The molecule has 1 aromatic rings. The largest absolute Gasteiger partial charge is 0.397 e. The van der Waals surface area contributed by atoms with Gasteiger partial charge in [0.1, 0.15) is 0 Å². The van der Waals surface area contributed by atoms with Crippen molar-refractivity contribution in [3.63, 3.8) is 0 Å². The smallest absolute Gasteiger partial charge is 0.236 e. The molecule has 0 radical (unpaired) electrons. The molecule has 1 heterocycles. The minimum Gasteiger partial charge on any atom is -0.397 e. The first-order valence-electron chi connectivity index (χ1n) is 2.36. The zero-order valence-corrected chi connectivity index (χ0v) is 4.63. The lowest BCUT2D eigenvalue weighted by Gasteiger charge is -1.94. The maximum Gasteiger partial charge on any atom is 0.236 e. The average molecular weight is 127 g/mol. The van der Waals surface area contributed by atoms with Crippen LogP contribution < -0.4 is 11.5 Å². The van der Waals surface area contributed by atoms with Crippen molar-refractivity contribution in [2.24, 2.45) is 0 Å². The van der Waals surface area contributed by atoms with Gasteiger partial charge in [-0.15, -0.1) is 0 Å². The lowest BCUT2D eigenvalue weighted by molar-refractivity contribution is 0.589. The number of hydrogen-bond acceptors (Lipinski definition) is 3. The van der Waals surface area contributed by atoms with Crippen LogP contribution in [0.1, 0.15) is 0 Å². The van der Waals surface area contributed by atoms with Crippen molar-refractivity contribution in [1.82, 2.24) is 4.98 Å². The lowest BCUT2D eigenvalue weighted by Crippen LogP contribution is -1.95. The van der Waals surface area contributed by atoms with Gasteiger partial charge in [0.25, 0.3) is 0 Å². The molecule has 0 fully saturated rings. The second kappa shape index (κ2) is 1.89. The Morgan fingerprint density at radius 1 is 1.44 bits per heavy atom. The fourth-order valence-electron chi connectivity index (χ4n) is 0.482. The summed E-state index contributed by atoms with van der Waals surface area (Å²) in [5, 5.41) is 0. The molecule has 0 bridgehead atoms. The number of halogens is 1. The Hall–Kier alpha value is -1.32. The van der Waals surface area contributed by atoms with Crippen LogP contribution in [0.4, 0.5) is 15.8 Å². The molecular formula is C5H6FN3. The third kappa shape index (κ3) is 1.07. The molecule has 0 amide bonds. The van der Waals surface area contributed by atoms with Gasteiger partial charge < -0.3 is 11.5 Å². The van der Waals surface area contributed by atoms with E-state index in [-0.39, 0.29) is 5.69 Å². The standard InChI is InChI=1S/C5H6FN3/c6-5-4(8)1-3(7)2-9-5/h1-2H,7-8H2. The van der Waals surface area contributed by atoms with Gasteiger partial charge in [0.05, 0.1) is 17.6 Å². The average Bonchev–Trinajstić information content (AvgIpc) is 1.80. The van der Waals surface area contributed by atoms with Crippen LogP contribution in [0.5, 0.6) is 0 Å². The van der Waals surface area contributed by atoms with Crippen LogP contribution in [0.2, 0.25) is 0 Å². The van der Waals surface area contributed by atoms with E-state index in [4.69, 9.17) is 11.5 Å². The second-order valence-electron chi connectivity index (χ2n) is 1.65. The maximum absolute atomic E-state index is 12.2. The van der Waals surface area contributed by atoms with Crippen LogP contribution >= 0.6 is 0 Å². The molecule has 1 aromatic heterocycles. The van der Waals surface area contributed by atoms with Gasteiger partial charge in [0.15, 0.2) is 0 Å². The van der Waals surface area contributed by atoms with Crippen LogP contribution in [0.3, 0.4) is 0 Å². The molecule has 0 aromatic carbocycles. The SMILES string of the molecule is Nc1cnc(F)c(N)c1. The summed E-state index contributed by atoms with van der Waals surface area (Å²) in [7, 11) is 0. The number of hydrogen-bond donors (Lipinski definition) is 2. The number of aromatic nitrogens is 1. The Balaban J connectivity index is 3.17. The monoisotopic (exact) mass is 127 g/mol. The number of nitrogens with zero attached hydrogens (tertiary/aromatic N) is 1. The third-order valence-electron chi connectivity index (χ3n) is 0.887. The fraction of sp³-hybridized carbons (Fsp3) is 0. The Kier molecular flexibility index (Phi) is 1.22. The first kappa shape index (κ1) is 5.81. The van der Waals surface area contributed by atoms with Crippen molar-refractivity contribution < 1.29 is 4.39 Å². The van der Waals surface area contributed by atoms with Crippen molar-refractivity contribution in [3.8, 4) is 0 Å². The van der Waals surface area contributed by atoms with Crippen LogP contribution in [0.25, 0.3) is 0 Å². The highest BCUT2D eigenvalue weighted by Crippen LogP contribution is 2.09. The van der Waals surface area contributed by atoms with E-state index in [1.165, 1.54) is 12.3 Å². The molecule has 9 heavy (non-hydrogen) atoms. The van der Waals surface area contributed by atoms with E-state index in [0.717, 1.165) is 0 Å². The highest BCUT2D eigenvalue weighted by atomic mass is 19.1. The van der Waals surface area contributed by atoms with Gasteiger partial charge in [-0.1, -0.05) is 0 Å². The molecule has 3 nitrogen and oxygen atoms in total. The number of anilines is 2. The molecule has 48 valence electrons. The van der Waals surface area contributed by atoms with Gasteiger partial charge in [0.2, 0.25) is 5.95 Å². The van der Waals surface area contributed by atoms with Crippen molar-refractivity contribution in [2.75, 3.05) is 11.5 Å². The highest BCUT2D eigenvalue weighted by Gasteiger charge is 1.96. The van der Waals surface area contributed by atoms with Gasteiger partial charge in [-0.3, -0.25) is 0 Å². The van der Waals surface area contributed by atoms with Gasteiger partial charge >= 0.3 is 0 Å². The summed E-state index contributed by atoms with van der Waals surface area (Å²) in [6.07, 6.45) is 1.21. The summed E-state index contributed by atoms with van der Waals surface area (Å²) in [5.74, 6) is -0.677. The summed E-state index contributed by atoms with van der Waals surface area (Å²) in [6, 6.07) is 1.32. The molecule has 4 N–H and O–H groups in total. The van der Waals surface area contributed by atoms with E-state index in [1.807, 2.05) is 0 Å². The zero-order chi connectivity index (χ0) is 6.85. The first-order chi connectivity index (χ1) is 4.20. The molecule has 0 aliphatic heterocycles. The van der Waals surface area contributed by atoms with Gasteiger partial charge in [-0.05, 0) is 6.07 Å². The van der Waals surface area contributed by atoms with Crippen molar-refractivity contribution in [2.45, 2.75) is 0 Å². The summed E-state index contributed by atoms with van der Waals surface area (Å²) in [5.41, 5.74) is 10.7. The Morgan fingerprint density at radius 3 is 2.56 bits per heavy atom. The molecule has 0 saturated carbocycles. The fourth-order valence-corrected chi connectivity index (χ4v) is 0.482. The predicted molar refractivity (Wildman–Crippen MR) is 33.0 cm³/mol. The molecule has 0 unspecified atom stereocenters. The number of pyridine rings is 1. The Labute approximate surface area is 51.5 Å². The summed E-state index contributed by atoms with van der Waals surface area (Å²) >= 11 is 0. The van der Waals surface area contributed by atoms with E-state index in [9.17, 15) is 4.39 Å². The van der Waals surface area contributed by atoms with E-state index < -0.39 is 5.95 Å². The van der Waals surface area contributed by atoms with Crippen molar-refractivity contribution in [3.05, 3.63) is 18.2 Å². The molecular weight excluding hydrogens is 121 g/mol. The third-order valence-corrected chi connectivity index (χ3v) is 0.887. The predicted octanol–water partition coefficient (Wildman–Crippen LogP) is 0.385. The van der Waals surface area contributed by atoms with E-state index in [1.54, 1.807) is 0 Å². The number of nitrogens with two attached hydrogens (primary N) is 2. The maximum atomic E-state index is 12.2.